The standard InChI is InChI=1S/C9H15N3O3S/c1-7-8(5-10-11-7)16(14,15)12-9(6-13)3-2-4-9/h5,12-13H,2-4,6H2,1H3,(H,10,11). The lowest BCUT2D eigenvalue weighted by atomic mass is 9.78. The molecule has 2 rings (SSSR count). The molecule has 16 heavy (non-hydrogen) atoms. The molecule has 6 nitrogen and oxygen atoms in total. The highest BCUT2D eigenvalue weighted by atomic mass is 32.2. The van der Waals surface area contributed by atoms with Crippen LogP contribution in [-0.4, -0.2) is 35.9 Å². The summed E-state index contributed by atoms with van der Waals surface area (Å²) < 4.78 is 26.6. The zero-order chi connectivity index (χ0) is 11.8. The van der Waals surface area contributed by atoms with Crippen molar-refractivity contribution in [1.82, 2.24) is 14.9 Å². The van der Waals surface area contributed by atoms with Crippen LogP contribution in [0.25, 0.3) is 0 Å². The number of aromatic nitrogens is 2. The van der Waals surface area contributed by atoms with Crippen LogP contribution in [0.3, 0.4) is 0 Å². The van der Waals surface area contributed by atoms with Crippen molar-refractivity contribution < 1.29 is 13.5 Å². The molecule has 1 fully saturated rings. The van der Waals surface area contributed by atoms with Gasteiger partial charge in [-0.05, 0) is 26.2 Å². The van der Waals surface area contributed by atoms with Crippen LogP contribution in [0.5, 0.6) is 0 Å². The van der Waals surface area contributed by atoms with Gasteiger partial charge in [0.05, 0.1) is 24.0 Å². The average molecular weight is 245 g/mol. The van der Waals surface area contributed by atoms with Crippen LogP contribution >= 0.6 is 0 Å². The maximum absolute atomic E-state index is 12.0. The SMILES string of the molecule is Cc1[nH]ncc1S(=O)(=O)NC1(CO)CCC1. The fraction of sp³-hybridized carbons (Fsp3) is 0.667. The highest BCUT2D eigenvalue weighted by Gasteiger charge is 2.40. The molecule has 1 aliphatic carbocycles. The fourth-order valence-corrected chi connectivity index (χ4v) is 3.44. The molecule has 0 saturated heterocycles. The summed E-state index contributed by atoms with van der Waals surface area (Å²) in [4.78, 5) is 0.146. The predicted molar refractivity (Wildman–Crippen MR) is 57.3 cm³/mol. The first-order valence-corrected chi connectivity index (χ1v) is 6.62. The third-order valence-corrected chi connectivity index (χ3v) is 4.73. The number of hydrogen-bond acceptors (Lipinski definition) is 4. The largest absolute Gasteiger partial charge is 0.394 e. The van der Waals surface area contributed by atoms with E-state index >= 15 is 0 Å². The van der Waals surface area contributed by atoms with Crippen molar-refractivity contribution in [3.8, 4) is 0 Å². The Labute approximate surface area is 94.1 Å². The van der Waals surface area contributed by atoms with Gasteiger partial charge in [0, 0.05) is 0 Å². The Balaban J connectivity index is 2.24. The molecule has 0 unspecified atom stereocenters. The Kier molecular flexibility index (Phi) is 2.77. The number of nitrogens with zero attached hydrogens (tertiary/aromatic N) is 1. The second-order valence-electron chi connectivity index (χ2n) is 4.26. The average Bonchev–Trinajstić information content (AvgIpc) is 2.59. The first-order chi connectivity index (χ1) is 7.49. The Morgan fingerprint density at radius 3 is 2.69 bits per heavy atom. The molecular formula is C9H15N3O3S. The molecule has 1 aliphatic rings. The molecule has 1 saturated carbocycles. The fourth-order valence-electron chi connectivity index (χ4n) is 1.85. The molecule has 0 radical (unpaired) electrons. The molecule has 3 N–H and O–H groups in total. The summed E-state index contributed by atoms with van der Waals surface area (Å²) >= 11 is 0. The summed E-state index contributed by atoms with van der Waals surface area (Å²) in [5.74, 6) is 0. The second-order valence-corrected chi connectivity index (χ2v) is 5.91. The second kappa shape index (κ2) is 3.83. The van der Waals surface area contributed by atoms with E-state index in [0.717, 1.165) is 6.42 Å². The molecule has 0 bridgehead atoms. The van der Waals surface area contributed by atoms with E-state index in [4.69, 9.17) is 0 Å². The van der Waals surface area contributed by atoms with Crippen LogP contribution < -0.4 is 4.72 Å². The van der Waals surface area contributed by atoms with Gasteiger partial charge in [-0.1, -0.05) is 0 Å². The minimum absolute atomic E-state index is 0.146. The molecule has 0 atom stereocenters. The topological polar surface area (TPSA) is 95.1 Å². The maximum atomic E-state index is 12.0. The quantitative estimate of drug-likeness (QED) is 0.691. The first kappa shape index (κ1) is 11.6. The molecule has 0 aliphatic heterocycles. The minimum atomic E-state index is -3.58. The molecule has 1 aromatic heterocycles. The van der Waals surface area contributed by atoms with Gasteiger partial charge in [-0.3, -0.25) is 5.10 Å². The van der Waals surface area contributed by atoms with E-state index in [0.29, 0.717) is 18.5 Å². The van der Waals surface area contributed by atoms with Crippen molar-refractivity contribution in [3.05, 3.63) is 11.9 Å². The van der Waals surface area contributed by atoms with Gasteiger partial charge in [0.1, 0.15) is 4.90 Å². The van der Waals surface area contributed by atoms with E-state index in [2.05, 4.69) is 14.9 Å². The zero-order valence-corrected chi connectivity index (χ0v) is 9.84. The van der Waals surface area contributed by atoms with Crippen LogP contribution in [0.1, 0.15) is 25.0 Å². The van der Waals surface area contributed by atoms with E-state index in [1.807, 2.05) is 0 Å². The number of hydrogen-bond donors (Lipinski definition) is 3. The summed E-state index contributed by atoms with van der Waals surface area (Å²) in [5, 5.41) is 15.5. The van der Waals surface area contributed by atoms with E-state index in [1.54, 1.807) is 6.92 Å². The van der Waals surface area contributed by atoms with Gasteiger partial charge in [0.25, 0.3) is 0 Å². The molecule has 90 valence electrons. The third kappa shape index (κ3) is 1.85. The van der Waals surface area contributed by atoms with E-state index in [1.165, 1.54) is 6.20 Å². The van der Waals surface area contributed by atoms with Crippen LogP contribution in [0, 0.1) is 6.92 Å². The van der Waals surface area contributed by atoms with Gasteiger partial charge in [-0.2, -0.15) is 5.10 Å². The molecule has 1 heterocycles. The Hall–Kier alpha value is -0.920. The smallest absolute Gasteiger partial charge is 0.244 e. The lowest BCUT2D eigenvalue weighted by Crippen LogP contribution is -2.55. The molecular weight excluding hydrogens is 230 g/mol. The Bertz CT molecular complexity index is 470. The predicted octanol–water partition coefficient (Wildman–Crippen LogP) is -0.0886. The molecule has 1 aromatic rings. The van der Waals surface area contributed by atoms with Crippen molar-refractivity contribution in [2.45, 2.75) is 36.6 Å². The Morgan fingerprint density at radius 1 is 1.62 bits per heavy atom. The maximum Gasteiger partial charge on any atom is 0.244 e. The van der Waals surface area contributed by atoms with Gasteiger partial charge in [0.2, 0.25) is 10.0 Å². The lowest BCUT2D eigenvalue weighted by Gasteiger charge is -2.40. The summed E-state index contributed by atoms with van der Waals surface area (Å²) in [6, 6.07) is 0. The lowest BCUT2D eigenvalue weighted by molar-refractivity contribution is 0.110. The summed E-state index contributed by atoms with van der Waals surface area (Å²) in [7, 11) is -3.58. The summed E-state index contributed by atoms with van der Waals surface area (Å²) in [6.07, 6.45) is 3.58. The van der Waals surface area contributed by atoms with Crippen molar-refractivity contribution in [2.24, 2.45) is 0 Å². The number of rotatable bonds is 4. The van der Waals surface area contributed by atoms with E-state index in [-0.39, 0.29) is 11.5 Å². The monoisotopic (exact) mass is 245 g/mol. The highest BCUT2D eigenvalue weighted by Crippen LogP contribution is 2.32. The minimum Gasteiger partial charge on any atom is -0.394 e. The van der Waals surface area contributed by atoms with Gasteiger partial charge in [-0.25, -0.2) is 13.1 Å². The van der Waals surface area contributed by atoms with E-state index < -0.39 is 15.6 Å². The van der Waals surface area contributed by atoms with E-state index in [9.17, 15) is 13.5 Å². The number of aromatic amines is 1. The summed E-state index contributed by atoms with van der Waals surface area (Å²) in [5.41, 5.74) is -0.164. The van der Waals surface area contributed by atoms with Crippen molar-refractivity contribution in [3.63, 3.8) is 0 Å². The molecule has 0 amide bonds. The van der Waals surface area contributed by atoms with Crippen molar-refractivity contribution >= 4 is 10.0 Å². The van der Waals surface area contributed by atoms with Crippen LogP contribution in [0.2, 0.25) is 0 Å². The van der Waals surface area contributed by atoms with Gasteiger partial charge >= 0.3 is 0 Å². The van der Waals surface area contributed by atoms with Crippen LogP contribution in [0.15, 0.2) is 11.1 Å². The normalized spacial score (nSPS) is 19.4. The van der Waals surface area contributed by atoms with Crippen LogP contribution in [0.4, 0.5) is 0 Å². The zero-order valence-electron chi connectivity index (χ0n) is 9.02. The first-order valence-electron chi connectivity index (χ1n) is 5.14. The number of H-pyrrole nitrogens is 1. The highest BCUT2D eigenvalue weighted by molar-refractivity contribution is 7.89. The van der Waals surface area contributed by atoms with Crippen LogP contribution in [-0.2, 0) is 10.0 Å². The Morgan fingerprint density at radius 2 is 2.31 bits per heavy atom. The number of aliphatic hydroxyl groups is 1. The number of aliphatic hydroxyl groups excluding tert-OH is 1. The molecule has 0 aromatic carbocycles. The van der Waals surface area contributed by atoms with Crippen molar-refractivity contribution in [2.75, 3.05) is 6.61 Å². The van der Waals surface area contributed by atoms with Gasteiger partial charge in [-0.15, -0.1) is 0 Å². The summed E-state index contributed by atoms with van der Waals surface area (Å²) in [6.45, 7) is 1.48. The van der Waals surface area contributed by atoms with Gasteiger partial charge in [0.15, 0.2) is 0 Å². The van der Waals surface area contributed by atoms with Crippen molar-refractivity contribution in [1.29, 1.82) is 0 Å². The third-order valence-electron chi connectivity index (χ3n) is 3.04. The molecule has 7 heteroatoms. The number of sulfonamides is 1. The molecule has 0 spiro atoms. The number of aryl methyl sites for hydroxylation is 1. The number of nitrogens with one attached hydrogen (secondary N) is 2. The van der Waals surface area contributed by atoms with Gasteiger partial charge < -0.3 is 5.11 Å².